The summed E-state index contributed by atoms with van der Waals surface area (Å²) in [6.45, 7) is 0. The number of nitrogens with one attached hydrogen (secondary N) is 1. The maximum atomic E-state index is 15.5. The molecule has 3 heterocycles. The molecule has 2 saturated heterocycles. The van der Waals surface area contributed by atoms with Gasteiger partial charge < -0.3 is 19.0 Å². The van der Waals surface area contributed by atoms with Gasteiger partial charge in [0.25, 0.3) is 11.8 Å². The van der Waals surface area contributed by atoms with Gasteiger partial charge in [-0.2, -0.15) is 5.01 Å². The third kappa shape index (κ3) is 5.74. The Bertz CT molecular complexity index is 2770. The van der Waals surface area contributed by atoms with Crippen molar-refractivity contribution in [3.05, 3.63) is 143 Å². The lowest BCUT2D eigenvalue weighted by Crippen LogP contribution is -2.53. The number of ether oxygens (including phenoxy) is 2. The first kappa shape index (κ1) is 38.2. The summed E-state index contributed by atoms with van der Waals surface area (Å²) >= 11 is 6.42. The molecule has 306 valence electrons. The first-order valence-electron chi connectivity index (χ1n) is 19.7. The molecule has 2 aliphatic heterocycles. The Morgan fingerprint density at radius 1 is 0.852 bits per heavy atom. The Morgan fingerprint density at radius 2 is 1.54 bits per heavy atom. The van der Waals surface area contributed by atoms with E-state index in [1.54, 1.807) is 60.7 Å². The minimum Gasteiger partial charge on any atom is -0.502 e. The number of hydrazine groups is 1. The van der Waals surface area contributed by atoms with E-state index in [4.69, 9.17) is 25.5 Å². The van der Waals surface area contributed by atoms with Crippen molar-refractivity contribution >= 4 is 57.7 Å². The molecule has 0 radical (unpaired) electrons. The molecule has 5 aromatic carbocycles. The number of carbonyl (C=O) groups is 4. The number of hydrogen-bond acceptors (Lipinski definition) is 10. The molecule has 1 saturated carbocycles. The van der Waals surface area contributed by atoms with E-state index in [-0.39, 0.29) is 36.0 Å². The fraction of sp³-hybridized carbons (Fsp3) is 0.213. The third-order valence-corrected chi connectivity index (χ3v) is 13.0. The number of amides is 4. The minimum absolute atomic E-state index is 0.0359. The highest BCUT2D eigenvalue weighted by atomic mass is 35.5. The molecule has 4 amide bonds. The predicted octanol–water partition coefficient (Wildman–Crippen LogP) is 8.20. The lowest BCUT2D eigenvalue weighted by Gasteiger charge is -2.50. The maximum Gasteiger partial charge on any atom is 0.260 e. The number of phenolic OH excluding ortho intramolecular Hbond substituents is 1. The van der Waals surface area contributed by atoms with E-state index in [9.17, 15) is 19.1 Å². The van der Waals surface area contributed by atoms with Crippen LogP contribution in [0.2, 0.25) is 5.02 Å². The maximum absolute atomic E-state index is 15.5. The molecule has 4 aliphatic rings. The van der Waals surface area contributed by atoms with Gasteiger partial charge in [0.1, 0.15) is 11.3 Å². The number of imide groups is 2. The number of methoxy groups -OCH3 is 2. The van der Waals surface area contributed by atoms with Crippen molar-refractivity contribution in [3.63, 3.8) is 0 Å². The van der Waals surface area contributed by atoms with E-state index in [1.165, 1.54) is 43.4 Å². The van der Waals surface area contributed by atoms with E-state index in [0.717, 1.165) is 5.01 Å². The van der Waals surface area contributed by atoms with Gasteiger partial charge in [0.2, 0.25) is 23.5 Å². The molecule has 12 nitrogen and oxygen atoms in total. The molecule has 2 N–H and O–H groups in total. The van der Waals surface area contributed by atoms with Gasteiger partial charge in [-0.25, -0.2) is 9.37 Å². The van der Waals surface area contributed by atoms with E-state index in [2.05, 4.69) is 10.4 Å². The summed E-state index contributed by atoms with van der Waals surface area (Å²) in [7, 11) is 2.78. The number of anilines is 2. The number of aromatic hydroxyl groups is 1. The van der Waals surface area contributed by atoms with Crippen molar-refractivity contribution < 1.29 is 42.6 Å². The van der Waals surface area contributed by atoms with Gasteiger partial charge in [-0.15, -0.1) is 0 Å². The zero-order chi connectivity index (χ0) is 42.3. The van der Waals surface area contributed by atoms with Crippen LogP contribution in [0, 0.1) is 29.5 Å². The highest BCUT2D eigenvalue weighted by molar-refractivity contribution is 6.30. The number of phenols is 1. The fourth-order valence-electron chi connectivity index (χ4n) is 10.1. The van der Waals surface area contributed by atoms with Crippen LogP contribution in [0.25, 0.3) is 22.6 Å². The molecular weight excluding hydrogens is 803 g/mol. The Hall–Kier alpha value is -6.99. The van der Waals surface area contributed by atoms with Crippen LogP contribution in [0.4, 0.5) is 15.8 Å². The van der Waals surface area contributed by atoms with Crippen molar-refractivity contribution in [2.45, 2.75) is 24.2 Å². The van der Waals surface area contributed by atoms with Gasteiger partial charge in [0, 0.05) is 16.5 Å². The average Bonchev–Trinajstić information content (AvgIpc) is 3.89. The summed E-state index contributed by atoms with van der Waals surface area (Å²) in [5, 5.41) is 12.4. The molecule has 10 rings (SSSR count). The van der Waals surface area contributed by atoms with Crippen LogP contribution in [0.15, 0.2) is 125 Å². The van der Waals surface area contributed by atoms with E-state index >= 15 is 9.59 Å². The van der Waals surface area contributed by atoms with Crippen LogP contribution < -0.4 is 19.8 Å². The molecule has 1 aromatic heterocycles. The Morgan fingerprint density at radius 3 is 2.21 bits per heavy atom. The Kier molecular flexibility index (Phi) is 8.98. The second-order valence-corrected chi connectivity index (χ2v) is 16.1. The van der Waals surface area contributed by atoms with Gasteiger partial charge in [-0.1, -0.05) is 47.5 Å². The number of rotatable bonds is 8. The first-order chi connectivity index (χ1) is 29.5. The lowest BCUT2D eigenvalue weighted by molar-refractivity contribution is -0.138. The number of carbonyl (C=O) groups excluding carboxylic acids is 4. The number of halogens is 2. The van der Waals surface area contributed by atoms with Crippen LogP contribution in [-0.4, -0.2) is 52.9 Å². The number of nitrogens with zero attached hydrogens (tertiary/aromatic N) is 3. The smallest absolute Gasteiger partial charge is 0.260 e. The number of oxazole rings is 1. The number of benzene rings is 5. The van der Waals surface area contributed by atoms with Gasteiger partial charge >= 0.3 is 0 Å². The van der Waals surface area contributed by atoms with Gasteiger partial charge in [0.15, 0.2) is 17.1 Å². The number of para-hydroxylation sites is 2. The predicted molar refractivity (Wildman–Crippen MR) is 222 cm³/mol. The fourth-order valence-corrected chi connectivity index (χ4v) is 10.2. The van der Waals surface area contributed by atoms with Gasteiger partial charge in [-0.05, 0) is 115 Å². The molecule has 0 bridgehead atoms. The Labute approximate surface area is 353 Å². The largest absolute Gasteiger partial charge is 0.502 e. The highest BCUT2D eigenvalue weighted by Crippen LogP contribution is 2.65. The molecule has 6 unspecified atom stereocenters. The van der Waals surface area contributed by atoms with Crippen LogP contribution in [0.1, 0.15) is 29.9 Å². The summed E-state index contributed by atoms with van der Waals surface area (Å²) in [4.78, 5) is 65.6. The van der Waals surface area contributed by atoms with Crippen molar-refractivity contribution in [1.82, 2.24) is 9.99 Å². The molecule has 61 heavy (non-hydrogen) atoms. The molecule has 6 aromatic rings. The quantitative estimate of drug-likeness (QED) is 0.113. The highest BCUT2D eigenvalue weighted by Gasteiger charge is 2.70. The minimum atomic E-state index is -1.65. The number of fused-ring (bicyclic) bond motifs is 5. The normalized spacial score (nSPS) is 24.4. The van der Waals surface area contributed by atoms with Crippen molar-refractivity contribution in [3.8, 4) is 28.7 Å². The van der Waals surface area contributed by atoms with E-state index in [1.807, 2.05) is 30.3 Å². The summed E-state index contributed by atoms with van der Waals surface area (Å²) in [5.41, 5.74) is 5.59. The second-order valence-electron chi connectivity index (χ2n) is 15.7. The molecule has 3 fully saturated rings. The topological polar surface area (TPSA) is 152 Å². The summed E-state index contributed by atoms with van der Waals surface area (Å²) < 4.78 is 31.2. The zero-order valence-electron chi connectivity index (χ0n) is 32.7. The lowest BCUT2D eigenvalue weighted by atomic mass is 9.49. The molecule has 0 spiro atoms. The van der Waals surface area contributed by atoms with Crippen LogP contribution in [-0.2, 0) is 24.6 Å². The van der Waals surface area contributed by atoms with Crippen LogP contribution >= 0.6 is 11.6 Å². The number of aromatic nitrogens is 1. The Balaban J connectivity index is 1.10. The van der Waals surface area contributed by atoms with Crippen molar-refractivity contribution in [2.75, 3.05) is 24.5 Å². The standard InChI is InChI=1S/C47H36ClFN4O8/c1-59-37-21-25(22-38(60-2)41(37)54)40-31-19-20-32-39(45(57)52(43(32)55)30-17-7-24(8-18-30)42-50-35-5-3-4-6-36(35)61-42)33(31)23-34-44(56)53(51-29-15-13-28(49)14-16-29)46(58)47(34,40)26-9-11-27(48)12-10-26/h3-19,21-22,32-34,39-40,51,54H,20,23H2,1-2H3. The number of allylic oxidation sites excluding steroid dienone is 2. The zero-order valence-corrected chi connectivity index (χ0v) is 33.4. The average molecular weight is 839 g/mol. The number of hydrogen-bond donors (Lipinski definition) is 2. The summed E-state index contributed by atoms with van der Waals surface area (Å²) in [5.74, 6) is -6.54. The molecule has 2 aliphatic carbocycles. The van der Waals surface area contributed by atoms with E-state index < -0.39 is 58.5 Å². The molecule has 14 heteroatoms. The van der Waals surface area contributed by atoms with Crippen molar-refractivity contribution in [1.29, 1.82) is 0 Å². The first-order valence-corrected chi connectivity index (χ1v) is 20.1. The van der Waals surface area contributed by atoms with E-state index in [0.29, 0.717) is 55.7 Å². The molecular formula is C47H36ClFN4O8. The summed E-state index contributed by atoms with van der Waals surface area (Å²) in [6, 6.07) is 29.5. The van der Waals surface area contributed by atoms with Crippen LogP contribution in [0.5, 0.6) is 17.2 Å². The summed E-state index contributed by atoms with van der Waals surface area (Å²) in [6.07, 6.45) is 2.14. The molecule has 6 atom stereocenters. The van der Waals surface area contributed by atoms with Crippen LogP contribution in [0.3, 0.4) is 0 Å². The SMILES string of the molecule is COc1cc(C2C3=CCC4C(=O)N(c5ccc(-c6nc7ccccc7o6)cc5)C(=O)C4C3CC3C(=O)N(Nc4ccc(F)cc4)C(=O)C32c2ccc(Cl)cc2)cc(OC)c1O. The van der Waals surface area contributed by atoms with Gasteiger partial charge in [-0.3, -0.25) is 29.5 Å². The van der Waals surface area contributed by atoms with Gasteiger partial charge in [0.05, 0.1) is 48.8 Å². The third-order valence-electron chi connectivity index (χ3n) is 12.8. The van der Waals surface area contributed by atoms with Crippen molar-refractivity contribution in [2.24, 2.45) is 23.7 Å². The second kappa shape index (κ2) is 14.3. The monoisotopic (exact) mass is 838 g/mol.